The zero-order valence-electron chi connectivity index (χ0n) is 34.4. The smallest absolute Gasteiger partial charge is 0.120 e. The second kappa shape index (κ2) is 17.2. The summed E-state index contributed by atoms with van der Waals surface area (Å²) >= 11 is 0. The van der Waals surface area contributed by atoms with E-state index in [0.29, 0.717) is 0 Å². The second-order valence-corrected chi connectivity index (χ2v) is 21.3. The Morgan fingerprint density at radius 1 is 0.633 bits per heavy atom. The van der Waals surface area contributed by atoms with Crippen LogP contribution in [0.1, 0.15) is 25.3 Å². The van der Waals surface area contributed by atoms with Crippen LogP contribution >= 0.6 is 0 Å². The molecule has 10 rings (SSSR count). The molecule has 1 radical (unpaired) electrons. The minimum atomic E-state index is -1.23. The van der Waals surface area contributed by atoms with E-state index in [2.05, 4.69) is 183 Å². The average molecular weight is 972 g/mol. The fourth-order valence-corrected chi connectivity index (χ4v) is 8.84. The summed E-state index contributed by atoms with van der Waals surface area (Å²) in [5.41, 5.74) is 13.7. The minimum Gasteiger partial charge on any atom is -0.501 e. The minimum absolute atomic E-state index is 0. The number of fused-ring (bicyclic) bond motifs is 4. The summed E-state index contributed by atoms with van der Waals surface area (Å²) in [4.78, 5) is 9.79. The number of hydrogen-bond donors (Lipinski definition) is 0. The molecule has 0 amide bonds. The van der Waals surface area contributed by atoms with Gasteiger partial charge >= 0.3 is 0 Å². The van der Waals surface area contributed by atoms with Crippen LogP contribution in [0.25, 0.3) is 83.6 Å². The number of aromatic nitrogens is 3. The van der Waals surface area contributed by atoms with Crippen LogP contribution in [0.15, 0.2) is 180 Å². The van der Waals surface area contributed by atoms with Gasteiger partial charge in [-0.1, -0.05) is 148 Å². The molecule has 3 heterocycles. The first-order chi connectivity index (χ1) is 28.7. The average Bonchev–Trinajstić information content (AvgIpc) is 3.86. The number of benzene rings is 7. The van der Waals surface area contributed by atoms with Gasteiger partial charge in [0.05, 0.1) is 30.5 Å². The molecule has 0 atom stereocenters. The second-order valence-electron chi connectivity index (χ2n) is 16.3. The van der Waals surface area contributed by atoms with Crippen molar-refractivity contribution in [2.75, 3.05) is 0 Å². The number of rotatable bonds is 7. The molecule has 10 aromatic rings. The van der Waals surface area contributed by atoms with Crippen molar-refractivity contribution in [3.05, 3.63) is 194 Å². The Morgan fingerprint density at radius 2 is 1.33 bits per heavy atom. The maximum atomic E-state index is 6.51. The van der Waals surface area contributed by atoms with Crippen LogP contribution in [0, 0.1) is 12.1 Å². The molecule has 297 valence electrons. The van der Waals surface area contributed by atoms with Crippen molar-refractivity contribution >= 4 is 46.2 Å². The molecule has 0 aliphatic rings. The molecule has 0 fully saturated rings. The predicted molar refractivity (Wildman–Crippen MR) is 249 cm³/mol. The van der Waals surface area contributed by atoms with Gasteiger partial charge in [0.25, 0.3) is 0 Å². The Balaban J connectivity index is 0.000000248. The fourth-order valence-electron chi connectivity index (χ4n) is 7.81. The van der Waals surface area contributed by atoms with Crippen LogP contribution < -0.4 is 5.19 Å². The Labute approximate surface area is 367 Å². The third-order valence-corrected chi connectivity index (χ3v) is 12.9. The van der Waals surface area contributed by atoms with Gasteiger partial charge in [-0.3, -0.25) is 4.98 Å². The number of pyridine rings is 1. The van der Waals surface area contributed by atoms with E-state index < -0.39 is 8.07 Å². The number of imidazole rings is 1. The van der Waals surface area contributed by atoms with E-state index in [1.807, 2.05) is 48.7 Å². The van der Waals surface area contributed by atoms with Gasteiger partial charge in [-0.05, 0) is 69.4 Å². The third kappa shape index (κ3) is 7.94. The van der Waals surface area contributed by atoms with Crippen LogP contribution in [-0.4, -0.2) is 22.6 Å². The SMILES string of the molecule is CC(C)c1cc(-c2ccccc2)cc(-c2ccccc2)c1-n1c(-c2[c-]ccc3c2oc2ccccc23)nc2ccccc21.C[Si](C)(C)c1ccc(-c2[c-]cccc2)nc1.[Ir]. The van der Waals surface area contributed by atoms with Crippen molar-refractivity contribution in [2.24, 2.45) is 0 Å². The van der Waals surface area contributed by atoms with Crippen molar-refractivity contribution in [1.29, 1.82) is 0 Å². The summed E-state index contributed by atoms with van der Waals surface area (Å²) in [5, 5.41) is 3.55. The van der Waals surface area contributed by atoms with Gasteiger partial charge in [-0.25, -0.2) is 0 Å². The quantitative estimate of drug-likeness (QED) is 0.118. The molecule has 6 heteroatoms. The van der Waals surface area contributed by atoms with Crippen molar-refractivity contribution in [3.63, 3.8) is 0 Å². The molecule has 4 nitrogen and oxygen atoms in total. The Hall–Kier alpha value is -6.17. The molecular weight excluding hydrogens is 927 g/mol. The maximum absolute atomic E-state index is 6.51. The van der Waals surface area contributed by atoms with E-state index in [-0.39, 0.29) is 26.0 Å². The topological polar surface area (TPSA) is 43.9 Å². The molecule has 0 saturated carbocycles. The van der Waals surface area contributed by atoms with E-state index in [1.54, 1.807) is 0 Å². The maximum Gasteiger partial charge on any atom is 0.120 e. The number of furan rings is 1. The molecule has 7 aromatic carbocycles. The van der Waals surface area contributed by atoms with E-state index in [1.165, 1.54) is 21.9 Å². The Morgan fingerprint density at radius 3 is 2.03 bits per heavy atom. The van der Waals surface area contributed by atoms with E-state index in [4.69, 9.17) is 9.40 Å². The fraction of sp³-hybridized carbons (Fsp3) is 0.111. The van der Waals surface area contributed by atoms with Crippen LogP contribution in [0.2, 0.25) is 19.6 Å². The predicted octanol–water partition coefficient (Wildman–Crippen LogP) is 13.9. The Kier molecular flexibility index (Phi) is 11.6. The standard InChI is InChI=1S/C40H29N2O.C14H16NSi.Ir/c1-26(2)33-24-29(27-14-5-3-6-15-27)25-34(28-16-7-4-8-17-28)38(33)42-36-22-11-10-21-35(36)41-40(42)32-20-13-19-31-30-18-9-12-23-37(30)43-39(31)32;1-16(2,3)13-9-10-14(15-11-13)12-7-5-4-6-8-12;/h3-19,21-26H,1-2H3;4-7,9-11H,1-3H3;/q2*-1;. The van der Waals surface area contributed by atoms with Gasteiger partial charge in [-0.15, -0.1) is 54.1 Å². The zero-order chi connectivity index (χ0) is 40.5. The molecule has 0 aliphatic carbocycles. The van der Waals surface area contributed by atoms with Crippen molar-refractivity contribution in [2.45, 2.75) is 39.4 Å². The van der Waals surface area contributed by atoms with Gasteiger partial charge in [0, 0.05) is 42.9 Å². The summed E-state index contributed by atoms with van der Waals surface area (Å²) in [6.45, 7) is 11.5. The van der Waals surface area contributed by atoms with Gasteiger partial charge in [0.15, 0.2) is 0 Å². The molecule has 0 bridgehead atoms. The molecule has 0 aliphatic heterocycles. The van der Waals surface area contributed by atoms with Gasteiger partial charge in [-0.2, -0.15) is 0 Å². The summed E-state index contributed by atoms with van der Waals surface area (Å²) in [7, 11) is -1.23. The Bertz CT molecular complexity index is 3040. The van der Waals surface area contributed by atoms with Crippen molar-refractivity contribution < 1.29 is 24.5 Å². The van der Waals surface area contributed by atoms with E-state index in [9.17, 15) is 0 Å². The van der Waals surface area contributed by atoms with E-state index in [0.717, 1.165) is 72.4 Å². The van der Waals surface area contributed by atoms with Crippen LogP contribution in [0.3, 0.4) is 0 Å². The van der Waals surface area contributed by atoms with Gasteiger partial charge in [0.1, 0.15) is 5.58 Å². The molecule has 0 saturated heterocycles. The van der Waals surface area contributed by atoms with Crippen LogP contribution in [0.4, 0.5) is 0 Å². The molecule has 0 N–H and O–H groups in total. The number of hydrogen-bond acceptors (Lipinski definition) is 3. The van der Waals surface area contributed by atoms with Crippen molar-refractivity contribution in [1.82, 2.24) is 14.5 Å². The van der Waals surface area contributed by atoms with Crippen LogP contribution in [0.5, 0.6) is 0 Å². The largest absolute Gasteiger partial charge is 0.501 e. The summed E-state index contributed by atoms with van der Waals surface area (Å²) in [6, 6.07) is 65.6. The third-order valence-electron chi connectivity index (χ3n) is 10.9. The molecular formula is C54H45IrN3OSi-2. The van der Waals surface area contributed by atoms with E-state index >= 15 is 0 Å². The van der Waals surface area contributed by atoms with Gasteiger partial charge < -0.3 is 14.0 Å². The first-order valence-electron chi connectivity index (χ1n) is 20.3. The molecule has 60 heavy (non-hydrogen) atoms. The summed E-state index contributed by atoms with van der Waals surface area (Å²) < 4.78 is 8.84. The molecule has 0 unspecified atom stereocenters. The van der Waals surface area contributed by atoms with Crippen LogP contribution in [-0.2, 0) is 20.1 Å². The summed E-state index contributed by atoms with van der Waals surface area (Å²) in [5.74, 6) is 1.07. The first kappa shape index (κ1) is 40.6. The van der Waals surface area contributed by atoms with Gasteiger partial charge in [0.2, 0.25) is 0 Å². The first-order valence-corrected chi connectivity index (χ1v) is 23.8. The normalized spacial score (nSPS) is 11.4. The monoisotopic (exact) mass is 972 g/mol. The number of nitrogens with zero attached hydrogens (tertiary/aromatic N) is 3. The molecule has 0 spiro atoms. The molecule has 3 aromatic heterocycles. The summed E-state index contributed by atoms with van der Waals surface area (Å²) in [6.07, 6.45) is 2.02. The zero-order valence-corrected chi connectivity index (χ0v) is 37.8. The van der Waals surface area contributed by atoms with Crippen molar-refractivity contribution in [3.8, 4) is 50.6 Å². The number of para-hydroxylation sites is 3.